The number of aliphatic carboxylic acids is 1. The van der Waals surface area contributed by atoms with Gasteiger partial charge in [0.05, 0.1) is 18.7 Å². The van der Waals surface area contributed by atoms with E-state index in [1.54, 1.807) is 106 Å². The largest absolute Gasteiger partial charge is 0.479 e. The van der Waals surface area contributed by atoms with Crippen LogP contribution in [-0.2, 0) is 27.4 Å². The number of aliphatic hydroxyl groups is 3. The summed E-state index contributed by atoms with van der Waals surface area (Å²) in [6.07, 6.45) is -3.24. The average molecular weight is 940 g/mol. The maximum atomic E-state index is 14.0. The van der Waals surface area contributed by atoms with Gasteiger partial charge in [0, 0.05) is 39.8 Å². The van der Waals surface area contributed by atoms with Crippen molar-refractivity contribution in [1.29, 1.82) is 0 Å². The Morgan fingerprint density at radius 1 is 0.754 bits per heavy atom. The molecule has 5 rings (SSSR count). The number of nitrogens with one attached hydrogen (secondary N) is 1. The SMILES string of the molecule is CB(O)C(=O)NN(Cc1ccc(-c2cc(Cl)ccc2F)cc1)C[C@@H](O)C(=O)O.CC(C)(C)O.NN(Cc1ccc(-c2cc(Cl)ccc2F)cc1)C[C@@H](O)C(=O)OCC(=O)c1ccccc1. The summed E-state index contributed by atoms with van der Waals surface area (Å²) < 4.78 is 32.9. The number of ether oxygens (including phenoxy) is 1. The van der Waals surface area contributed by atoms with Crippen LogP contribution in [0.15, 0.2) is 115 Å². The van der Waals surface area contributed by atoms with E-state index >= 15 is 0 Å². The lowest BCUT2D eigenvalue weighted by Gasteiger charge is -2.25. The van der Waals surface area contributed by atoms with E-state index in [1.807, 2.05) is 0 Å². The molecule has 2 atom stereocenters. The normalized spacial score (nSPS) is 11.9. The Labute approximate surface area is 385 Å². The molecule has 65 heavy (non-hydrogen) atoms. The number of amides is 1. The summed E-state index contributed by atoms with van der Waals surface area (Å²) in [7, 11) is 0. The van der Waals surface area contributed by atoms with Gasteiger partial charge in [-0.25, -0.2) is 28.4 Å². The number of ketones is 1. The topological polar surface area (TPSA) is 223 Å². The van der Waals surface area contributed by atoms with Crippen LogP contribution in [0, 0.1) is 11.6 Å². The molecule has 0 aliphatic carbocycles. The quantitative estimate of drug-likeness (QED) is 0.0172. The number of carbonyl (C=O) groups excluding carboxylic acids is 3. The molecule has 0 spiro atoms. The van der Waals surface area contributed by atoms with E-state index in [9.17, 15) is 43.2 Å². The minimum atomic E-state index is -1.73. The minimum Gasteiger partial charge on any atom is -0.479 e. The highest BCUT2D eigenvalue weighted by Crippen LogP contribution is 2.28. The number of carboxylic acids is 1. The van der Waals surface area contributed by atoms with E-state index in [2.05, 4.69) is 5.43 Å². The second-order valence-corrected chi connectivity index (χ2v) is 16.4. The maximum absolute atomic E-state index is 14.0. The summed E-state index contributed by atoms with van der Waals surface area (Å²) in [5.41, 5.74) is 5.69. The molecule has 0 aliphatic rings. The first kappa shape index (κ1) is 53.7. The number of carbonyl (C=O) groups is 4. The summed E-state index contributed by atoms with van der Waals surface area (Å²) in [6, 6.07) is 30.6. The summed E-state index contributed by atoms with van der Waals surface area (Å²) in [6.45, 7) is 4.42. The monoisotopic (exact) mass is 938 g/mol. The highest BCUT2D eigenvalue weighted by molar-refractivity contribution is 6.82. The van der Waals surface area contributed by atoms with Gasteiger partial charge in [0.25, 0.3) is 0 Å². The number of aliphatic hydroxyl groups excluding tert-OH is 2. The van der Waals surface area contributed by atoms with Gasteiger partial charge in [0.15, 0.2) is 24.6 Å². The van der Waals surface area contributed by atoms with Crippen LogP contribution in [-0.4, -0.2) is 103 Å². The first-order valence-electron chi connectivity index (χ1n) is 19.9. The Morgan fingerprint density at radius 2 is 1.22 bits per heavy atom. The molecule has 14 nitrogen and oxygen atoms in total. The number of hydrogen-bond donors (Lipinski definition) is 7. The van der Waals surface area contributed by atoms with E-state index in [4.69, 9.17) is 44.0 Å². The lowest BCUT2D eigenvalue weighted by molar-refractivity contribution is -0.153. The first-order chi connectivity index (χ1) is 30.5. The summed E-state index contributed by atoms with van der Waals surface area (Å²) in [5, 5.41) is 49.6. The third kappa shape index (κ3) is 19.6. The lowest BCUT2D eigenvalue weighted by atomic mass is 9.71. The summed E-state index contributed by atoms with van der Waals surface area (Å²) >= 11 is 11.9. The van der Waals surface area contributed by atoms with Gasteiger partial charge >= 0.3 is 18.9 Å². The van der Waals surface area contributed by atoms with Crippen molar-refractivity contribution < 1.29 is 58.1 Å². The van der Waals surface area contributed by atoms with E-state index in [1.165, 1.54) is 47.2 Å². The van der Waals surface area contributed by atoms with E-state index < -0.39 is 61.4 Å². The summed E-state index contributed by atoms with van der Waals surface area (Å²) in [5.74, 6) is 1.62. The molecule has 0 aliphatic heterocycles. The number of nitrogens with zero attached hydrogens (tertiary/aromatic N) is 2. The zero-order valence-corrected chi connectivity index (χ0v) is 37.5. The van der Waals surface area contributed by atoms with Gasteiger partial charge in [-0.3, -0.25) is 20.9 Å². The van der Waals surface area contributed by atoms with Gasteiger partial charge in [0.2, 0.25) is 5.81 Å². The molecule has 0 aromatic heterocycles. The van der Waals surface area contributed by atoms with Crippen molar-refractivity contribution in [3.8, 4) is 22.3 Å². The zero-order valence-electron chi connectivity index (χ0n) is 36.0. The number of halogens is 4. The van der Waals surface area contributed by atoms with Gasteiger partial charge in [-0.05, 0) is 86.2 Å². The number of esters is 1. The Hall–Kier alpha value is -5.60. The molecule has 1 amide bonds. The number of benzene rings is 5. The van der Waals surface area contributed by atoms with Crippen LogP contribution in [0.1, 0.15) is 42.3 Å². The number of hydrogen-bond acceptors (Lipinski definition) is 12. The van der Waals surface area contributed by atoms with Crippen LogP contribution in [0.5, 0.6) is 0 Å². The second-order valence-electron chi connectivity index (χ2n) is 15.5. The van der Waals surface area contributed by atoms with Gasteiger partial charge in [-0.2, -0.15) is 0 Å². The molecule has 5 aromatic rings. The van der Waals surface area contributed by atoms with Gasteiger partial charge in [0.1, 0.15) is 11.6 Å². The predicted molar refractivity (Wildman–Crippen MR) is 244 cm³/mol. The molecule has 8 N–H and O–H groups in total. The fourth-order valence-corrected chi connectivity index (χ4v) is 5.80. The fraction of sp³-hybridized carbons (Fsp3) is 0.261. The highest BCUT2D eigenvalue weighted by atomic mass is 35.5. The molecule has 0 saturated heterocycles. The molecule has 5 aromatic carbocycles. The van der Waals surface area contributed by atoms with E-state index in [-0.39, 0.29) is 31.2 Å². The molecule has 346 valence electrons. The van der Waals surface area contributed by atoms with Crippen molar-refractivity contribution in [1.82, 2.24) is 15.4 Å². The van der Waals surface area contributed by atoms with E-state index in [0.29, 0.717) is 43.4 Å². The van der Waals surface area contributed by atoms with Crippen LogP contribution < -0.4 is 11.3 Å². The first-order valence-corrected chi connectivity index (χ1v) is 20.6. The number of carboxylic acid groups (broad SMARTS) is 1. The zero-order chi connectivity index (χ0) is 48.4. The third-order valence-corrected chi connectivity index (χ3v) is 9.06. The van der Waals surface area contributed by atoms with Gasteiger partial charge in [-0.15, -0.1) is 0 Å². The Balaban J connectivity index is 0.000000315. The molecule has 0 unspecified atom stereocenters. The van der Waals surface area contributed by atoms with Crippen molar-refractivity contribution in [3.05, 3.63) is 154 Å². The van der Waals surface area contributed by atoms with Crippen molar-refractivity contribution in [2.75, 3.05) is 19.7 Å². The Bertz CT molecular complexity index is 2340. The van der Waals surface area contributed by atoms with Crippen LogP contribution in [0.4, 0.5) is 13.6 Å². The van der Waals surface area contributed by atoms with Gasteiger partial charge < -0.3 is 30.2 Å². The molecule has 0 fully saturated rings. The van der Waals surface area contributed by atoms with E-state index in [0.717, 1.165) is 5.56 Å². The minimum absolute atomic E-state index is 0.0567. The number of rotatable bonds is 17. The van der Waals surface area contributed by atoms with Crippen LogP contribution >= 0.6 is 23.2 Å². The third-order valence-electron chi connectivity index (χ3n) is 8.59. The van der Waals surface area contributed by atoms with Crippen molar-refractivity contribution in [3.63, 3.8) is 0 Å². The van der Waals surface area contributed by atoms with Crippen molar-refractivity contribution in [2.24, 2.45) is 5.84 Å². The Kier molecular flexibility index (Phi) is 21.3. The maximum Gasteiger partial charge on any atom is 0.393 e. The molecular weight excluding hydrogens is 888 g/mol. The highest BCUT2D eigenvalue weighted by Gasteiger charge is 2.24. The molecule has 19 heteroatoms. The number of hydrazine groups is 2. The summed E-state index contributed by atoms with van der Waals surface area (Å²) in [4.78, 5) is 46.6. The molecule has 0 bridgehead atoms. The predicted octanol–water partition coefficient (Wildman–Crippen LogP) is 6.60. The average Bonchev–Trinajstić information content (AvgIpc) is 3.24. The van der Waals surface area contributed by atoms with Gasteiger partial charge in [-0.1, -0.05) is 102 Å². The van der Waals surface area contributed by atoms with Crippen molar-refractivity contribution in [2.45, 2.75) is 58.5 Å². The van der Waals surface area contributed by atoms with Crippen LogP contribution in [0.25, 0.3) is 22.3 Å². The van der Waals surface area contributed by atoms with Crippen molar-refractivity contribution >= 4 is 53.6 Å². The van der Waals surface area contributed by atoms with Crippen LogP contribution in [0.3, 0.4) is 0 Å². The molecular formula is C46H51BCl2F2N4O10. The Morgan fingerprint density at radius 3 is 1.66 bits per heavy atom. The number of Topliss-reactive ketones (excluding diaryl/α,β-unsaturated/α-hetero) is 1. The van der Waals surface area contributed by atoms with Crippen LogP contribution in [0.2, 0.25) is 16.9 Å². The molecule has 0 radical (unpaired) electrons. The number of nitrogens with two attached hydrogens (primary N) is 1. The second kappa shape index (κ2) is 25.8. The lowest BCUT2D eigenvalue weighted by Crippen LogP contribution is -2.50. The fourth-order valence-electron chi connectivity index (χ4n) is 5.46. The standard InChI is InChI=1S/C24H22ClFN2O4.C18H19BClFN2O5.C4H10O/c25-19-10-11-21(26)20(12-19)17-8-6-16(7-9-17)13-28(27)14-22(29)24(31)32-15-23(30)18-4-2-1-3-5-18;1-19(28)18(27)22-23(10-16(24)17(25)26)9-11-2-4-12(5-3-11)14-8-13(20)6-7-15(14)21;1-4(2,3)5/h1-12,22,29H,13-15,27H2;2-8,16,24,28H,9-10H2,1H3,(H,22,27)(H,25,26);5H,1-3H3/t22-;16-;/m11./s1. The molecule has 0 heterocycles. The molecule has 0 saturated carbocycles. The smallest absolute Gasteiger partial charge is 0.393 e.